The second-order valence-electron chi connectivity index (χ2n) is 6.15. The largest absolute Gasteiger partial charge is 0.435 e. The number of hydrogen-bond donors (Lipinski definition) is 2. The molecule has 13 heteroatoms. The zero-order valence-corrected chi connectivity index (χ0v) is 17.5. The Kier molecular flexibility index (Phi) is 6.38. The van der Waals surface area contributed by atoms with Crippen LogP contribution in [-0.4, -0.2) is 33.6 Å². The van der Waals surface area contributed by atoms with Crippen molar-refractivity contribution < 1.29 is 22.8 Å². The van der Waals surface area contributed by atoms with Gasteiger partial charge in [0.25, 0.3) is 11.8 Å². The van der Waals surface area contributed by atoms with Gasteiger partial charge in [-0.1, -0.05) is 23.2 Å². The zero-order chi connectivity index (χ0) is 23.6. The second kappa shape index (κ2) is 8.86. The monoisotopic (exact) mass is 482 g/mol. The van der Waals surface area contributed by atoms with Crippen LogP contribution in [0.25, 0.3) is 5.82 Å². The van der Waals surface area contributed by atoms with Gasteiger partial charge in [-0.25, -0.2) is 9.67 Å². The van der Waals surface area contributed by atoms with Crippen LogP contribution in [0.5, 0.6) is 0 Å². The number of nitriles is 1. The molecular formula is C19H11Cl2F3N6O2. The van der Waals surface area contributed by atoms with Crippen molar-refractivity contribution in [2.24, 2.45) is 0 Å². The second-order valence-corrected chi connectivity index (χ2v) is 7.00. The number of nitrogens with zero attached hydrogens (tertiary/aromatic N) is 4. The first kappa shape index (κ1) is 23.1. The third-order valence-corrected chi connectivity index (χ3v) is 4.62. The van der Waals surface area contributed by atoms with Crippen molar-refractivity contribution in [3.05, 3.63) is 69.1 Å². The van der Waals surface area contributed by atoms with Crippen LogP contribution in [0.3, 0.4) is 0 Å². The minimum absolute atomic E-state index is 0.0443. The fourth-order valence-corrected chi connectivity index (χ4v) is 3.12. The molecule has 164 valence electrons. The molecule has 2 N–H and O–H groups in total. The lowest BCUT2D eigenvalue weighted by atomic mass is 10.1. The lowest BCUT2D eigenvalue weighted by Gasteiger charge is -2.13. The molecule has 0 atom stereocenters. The number of carbonyl (C=O) groups is 2. The summed E-state index contributed by atoms with van der Waals surface area (Å²) in [5.41, 5.74) is -2.54. The first-order chi connectivity index (χ1) is 15.1. The van der Waals surface area contributed by atoms with Crippen molar-refractivity contribution in [1.82, 2.24) is 20.1 Å². The first-order valence-electron chi connectivity index (χ1n) is 8.62. The van der Waals surface area contributed by atoms with Crippen molar-refractivity contribution in [1.29, 1.82) is 5.26 Å². The molecule has 8 nitrogen and oxygen atoms in total. The van der Waals surface area contributed by atoms with Crippen molar-refractivity contribution >= 4 is 40.7 Å². The molecular weight excluding hydrogens is 472 g/mol. The van der Waals surface area contributed by atoms with Crippen LogP contribution in [0.4, 0.5) is 18.9 Å². The molecule has 0 fully saturated rings. The Morgan fingerprint density at radius 1 is 1.19 bits per heavy atom. The maximum atomic E-state index is 13.3. The van der Waals surface area contributed by atoms with E-state index in [2.05, 4.69) is 20.7 Å². The molecule has 0 saturated carbocycles. The van der Waals surface area contributed by atoms with Crippen LogP contribution in [0.1, 0.15) is 32.1 Å². The summed E-state index contributed by atoms with van der Waals surface area (Å²) in [6, 6.07) is 7.48. The average molecular weight is 483 g/mol. The van der Waals surface area contributed by atoms with E-state index in [1.54, 1.807) is 6.07 Å². The third kappa shape index (κ3) is 4.51. The number of benzene rings is 1. The van der Waals surface area contributed by atoms with Crippen molar-refractivity contribution in [3.8, 4) is 11.9 Å². The predicted octanol–water partition coefficient (Wildman–Crippen LogP) is 4.08. The van der Waals surface area contributed by atoms with Crippen LogP contribution < -0.4 is 10.6 Å². The Morgan fingerprint density at radius 3 is 2.50 bits per heavy atom. The number of amides is 2. The van der Waals surface area contributed by atoms with Gasteiger partial charge in [-0.3, -0.25) is 9.59 Å². The van der Waals surface area contributed by atoms with E-state index in [1.807, 2.05) is 0 Å². The molecule has 2 heterocycles. The Hall–Kier alpha value is -3.62. The lowest BCUT2D eigenvalue weighted by Crippen LogP contribution is -2.23. The number of nitrogens with one attached hydrogen (secondary N) is 2. The highest BCUT2D eigenvalue weighted by Gasteiger charge is 2.37. The molecule has 3 aromatic rings. The van der Waals surface area contributed by atoms with Crippen LogP contribution in [0, 0.1) is 11.3 Å². The van der Waals surface area contributed by atoms with Gasteiger partial charge in [0.1, 0.15) is 11.8 Å². The minimum Gasteiger partial charge on any atom is -0.355 e. The Morgan fingerprint density at radius 2 is 1.91 bits per heavy atom. The molecule has 0 aliphatic heterocycles. The molecule has 0 unspecified atom stereocenters. The SMILES string of the molecule is CNC(=O)c1cc(Cl)cc(C#N)c1NC(=O)c1cc(C(F)(F)F)nn1-c1ncccc1Cl. The fourth-order valence-electron chi connectivity index (χ4n) is 2.70. The van der Waals surface area contributed by atoms with Crippen LogP contribution >= 0.6 is 23.2 Å². The number of pyridine rings is 1. The van der Waals surface area contributed by atoms with E-state index in [9.17, 15) is 28.0 Å². The standard InChI is InChI=1S/C19H11Cl2F3N6O2/c1-26-17(31)11-6-10(20)5-9(8-25)15(11)28-18(32)13-7-14(19(22,23)24)29-30(13)16-12(21)3-2-4-27-16/h2-7H,1H3,(H,26,31)(H,28,32). The third-order valence-electron chi connectivity index (χ3n) is 4.11. The van der Waals surface area contributed by atoms with E-state index in [1.165, 1.54) is 37.5 Å². The summed E-state index contributed by atoms with van der Waals surface area (Å²) in [4.78, 5) is 29.1. The fraction of sp³-hybridized carbons (Fsp3) is 0.105. The van der Waals surface area contributed by atoms with Gasteiger partial charge in [0.15, 0.2) is 11.5 Å². The number of halogens is 5. The molecule has 3 rings (SSSR count). The summed E-state index contributed by atoms with van der Waals surface area (Å²) in [6.45, 7) is 0. The molecule has 1 aromatic carbocycles. The van der Waals surface area contributed by atoms with Gasteiger partial charge in [-0.2, -0.15) is 23.5 Å². The van der Waals surface area contributed by atoms with E-state index in [-0.39, 0.29) is 32.7 Å². The highest BCUT2D eigenvalue weighted by molar-refractivity contribution is 6.32. The van der Waals surface area contributed by atoms with Crippen LogP contribution in [-0.2, 0) is 6.18 Å². The zero-order valence-electron chi connectivity index (χ0n) is 16.0. The van der Waals surface area contributed by atoms with E-state index in [0.717, 1.165) is 0 Å². The van der Waals surface area contributed by atoms with Crippen molar-refractivity contribution in [3.63, 3.8) is 0 Å². The first-order valence-corrected chi connectivity index (χ1v) is 9.37. The normalized spacial score (nSPS) is 11.0. The van der Waals surface area contributed by atoms with Gasteiger partial charge in [-0.15, -0.1) is 0 Å². The maximum absolute atomic E-state index is 13.3. The quantitative estimate of drug-likeness (QED) is 0.581. The summed E-state index contributed by atoms with van der Waals surface area (Å²) in [5, 5.41) is 17.4. The van der Waals surface area contributed by atoms with Crippen molar-refractivity contribution in [2.75, 3.05) is 12.4 Å². The molecule has 0 bridgehead atoms. The number of alkyl halides is 3. The number of anilines is 1. The van der Waals surface area contributed by atoms with Crippen LogP contribution in [0.15, 0.2) is 36.5 Å². The summed E-state index contributed by atoms with van der Waals surface area (Å²) >= 11 is 11.9. The van der Waals surface area contributed by atoms with E-state index in [0.29, 0.717) is 10.7 Å². The number of hydrogen-bond acceptors (Lipinski definition) is 5. The molecule has 0 aliphatic carbocycles. The van der Waals surface area contributed by atoms with E-state index < -0.39 is 29.4 Å². The highest BCUT2D eigenvalue weighted by Crippen LogP contribution is 2.31. The lowest BCUT2D eigenvalue weighted by molar-refractivity contribution is -0.141. The Bertz CT molecular complexity index is 1270. The Balaban J connectivity index is 2.16. The number of carbonyl (C=O) groups excluding carboxylic acids is 2. The van der Waals surface area contributed by atoms with Gasteiger partial charge < -0.3 is 10.6 Å². The predicted molar refractivity (Wildman–Crippen MR) is 109 cm³/mol. The van der Waals surface area contributed by atoms with E-state index >= 15 is 0 Å². The number of rotatable bonds is 4. The molecule has 0 spiro atoms. The molecule has 0 saturated heterocycles. The van der Waals surface area contributed by atoms with Gasteiger partial charge in [0.05, 0.1) is 21.8 Å². The van der Waals surface area contributed by atoms with Gasteiger partial charge in [-0.05, 0) is 24.3 Å². The molecule has 0 radical (unpaired) electrons. The number of aromatic nitrogens is 3. The van der Waals surface area contributed by atoms with Gasteiger partial charge in [0.2, 0.25) is 0 Å². The van der Waals surface area contributed by atoms with Gasteiger partial charge in [0, 0.05) is 24.3 Å². The molecule has 32 heavy (non-hydrogen) atoms. The average Bonchev–Trinajstić information content (AvgIpc) is 3.20. The topological polar surface area (TPSA) is 113 Å². The van der Waals surface area contributed by atoms with Crippen LogP contribution in [0.2, 0.25) is 10.0 Å². The summed E-state index contributed by atoms with van der Waals surface area (Å²) in [6.07, 6.45) is -3.61. The molecule has 2 amide bonds. The highest BCUT2D eigenvalue weighted by atomic mass is 35.5. The molecule has 0 aliphatic rings. The summed E-state index contributed by atoms with van der Waals surface area (Å²) < 4.78 is 40.5. The van der Waals surface area contributed by atoms with Gasteiger partial charge >= 0.3 is 6.18 Å². The Labute approximate surface area is 188 Å². The maximum Gasteiger partial charge on any atom is 0.435 e. The minimum atomic E-state index is -4.87. The molecule has 2 aromatic heterocycles. The summed E-state index contributed by atoms with van der Waals surface area (Å²) in [7, 11) is 1.31. The van der Waals surface area contributed by atoms with Crippen molar-refractivity contribution in [2.45, 2.75) is 6.18 Å². The van der Waals surface area contributed by atoms with E-state index in [4.69, 9.17) is 23.2 Å². The summed E-state index contributed by atoms with van der Waals surface area (Å²) in [5.74, 6) is -2.01. The smallest absolute Gasteiger partial charge is 0.355 e.